The molecular weight excluding hydrogens is 222 g/mol. The third-order valence-corrected chi connectivity index (χ3v) is 2.48. The van der Waals surface area contributed by atoms with E-state index in [-0.39, 0.29) is 5.91 Å². The molecule has 0 saturated carbocycles. The molecule has 1 aromatic rings. The predicted molar refractivity (Wildman–Crippen MR) is 67.3 cm³/mol. The molecule has 3 nitrogen and oxygen atoms in total. The smallest absolute Gasteiger partial charge is 0.251 e. The van der Waals surface area contributed by atoms with Crippen LogP contribution < -0.4 is 5.32 Å². The Morgan fingerprint density at radius 2 is 2.25 bits per heavy atom. The van der Waals surface area contributed by atoms with Crippen LogP contribution in [0.3, 0.4) is 0 Å². The maximum absolute atomic E-state index is 11.8. The number of benzene rings is 1. The fraction of sp³-hybridized carbons (Fsp3) is 0.417. The van der Waals surface area contributed by atoms with Gasteiger partial charge in [0, 0.05) is 23.6 Å². The number of carbonyl (C=O) groups is 1. The van der Waals surface area contributed by atoms with E-state index in [4.69, 9.17) is 4.74 Å². The number of thiol groups is 1. The van der Waals surface area contributed by atoms with E-state index in [2.05, 4.69) is 17.9 Å². The van der Waals surface area contributed by atoms with Crippen molar-refractivity contribution in [2.75, 3.05) is 19.8 Å². The van der Waals surface area contributed by atoms with Gasteiger partial charge in [-0.2, -0.15) is 0 Å². The standard InChI is InChI=1S/C12H17NO2S/c1-3-15-7-6-13-12(14)11-8-10(16)5-4-9(11)2/h4-5,8,16H,3,6-7H2,1-2H3,(H,13,14). The van der Waals surface area contributed by atoms with Crippen molar-refractivity contribution in [1.82, 2.24) is 5.32 Å². The zero-order valence-electron chi connectivity index (χ0n) is 9.62. The molecule has 0 bridgehead atoms. The Balaban J connectivity index is 2.55. The average molecular weight is 239 g/mol. The summed E-state index contributed by atoms with van der Waals surface area (Å²) in [5.74, 6) is -0.0758. The normalized spacial score (nSPS) is 10.2. The Bertz CT molecular complexity index is 366. The molecule has 16 heavy (non-hydrogen) atoms. The van der Waals surface area contributed by atoms with Gasteiger partial charge in [-0.3, -0.25) is 4.79 Å². The topological polar surface area (TPSA) is 38.3 Å². The van der Waals surface area contributed by atoms with Crippen LogP contribution in [0.25, 0.3) is 0 Å². The predicted octanol–water partition coefficient (Wildman–Crippen LogP) is 2.05. The van der Waals surface area contributed by atoms with Crippen molar-refractivity contribution >= 4 is 18.5 Å². The Labute approximate surface area is 102 Å². The van der Waals surface area contributed by atoms with Crippen molar-refractivity contribution in [3.05, 3.63) is 29.3 Å². The van der Waals surface area contributed by atoms with Crippen LogP contribution in [0.1, 0.15) is 22.8 Å². The minimum Gasteiger partial charge on any atom is -0.380 e. The molecule has 0 fully saturated rings. The zero-order valence-corrected chi connectivity index (χ0v) is 10.5. The fourth-order valence-corrected chi connectivity index (χ4v) is 1.53. The van der Waals surface area contributed by atoms with Gasteiger partial charge < -0.3 is 10.1 Å². The summed E-state index contributed by atoms with van der Waals surface area (Å²) in [5, 5.41) is 2.80. The number of carbonyl (C=O) groups excluding carboxylic acids is 1. The lowest BCUT2D eigenvalue weighted by Gasteiger charge is -2.08. The molecule has 0 aliphatic heterocycles. The van der Waals surface area contributed by atoms with Gasteiger partial charge in [0.2, 0.25) is 0 Å². The molecule has 4 heteroatoms. The summed E-state index contributed by atoms with van der Waals surface area (Å²) < 4.78 is 5.14. The Kier molecular flexibility index (Phi) is 5.35. The molecular formula is C12H17NO2S. The van der Waals surface area contributed by atoms with Crippen LogP contribution >= 0.6 is 12.6 Å². The second-order valence-corrected chi connectivity index (χ2v) is 3.97. The van der Waals surface area contributed by atoms with Crippen LogP contribution in [-0.4, -0.2) is 25.7 Å². The van der Waals surface area contributed by atoms with Crippen molar-refractivity contribution in [2.45, 2.75) is 18.7 Å². The number of nitrogens with one attached hydrogen (secondary N) is 1. The first-order valence-electron chi connectivity index (χ1n) is 5.30. The molecule has 1 amide bonds. The molecule has 88 valence electrons. The zero-order chi connectivity index (χ0) is 12.0. The molecule has 0 radical (unpaired) electrons. The molecule has 0 aromatic heterocycles. The number of hydrogen-bond donors (Lipinski definition) is 2. The summed E-state index contributed by atoms with van der Waals surface area (Å²) in [4.78, 5) is 12.6. The molecule has 1 rings (SSSR count). The SMILES string of the molecule is CCOCCNC(=O)c1cc(S)ccc1C. The number of rotatable bonds is 5. The van der Waals surface area contributed by atoms with Crippen LogP contribution in [0.2, 0.25) is 0 Å². The van der Waals surface area contributed by atoms with Gasteiger partial charge >= 0.3 is 0 Å². The summed E-state index contributed by atoms with van der Waals surface area (Å²) in [7, 11) is 0. The maximum Gasteiger partial charge on any atom is 0.251 e. The second-order valence-electron chi connectivity index (χ2n) is 3.45. The van der Waals surface area contributed by atoms with E-state index in [1.165, 1.54) is 0 Å². The lowest BCUT2D eigenvalue weighted by molar-refractivity contribution is 0.0922. The van der Waals surface area contributed by atoms with Crippen LogP contribution in [0, 0.1) is 6.92 Å². The van der Waals surface area contributed by atoms with Crippen LogP contribution in [0.5, 0.6) is 0 Å². The van der Waals surface area contributed by atoms with Gasteiger partial charge in [0.25, 0.3) is 5.91 Å². The minimum absolute atomic E-state index is 0.0758. The van der Waals surface area contributed by atoms with E-state index < -0.39 is 0 Å². The molecule has 0 atom stereocenters. The van der Waals surface area contributed by atoms with E-state index in [0.717, 1.165) is 10.5 Å². The highest BCUT2D eigenvalue weighted by molar-refractivity contribution is 7.80. The largest absolute Gasteiger partial charge is 0.380 e. The fourth-order valence-electron chi connectivity index (χ4n) is 1.33. The summed E-state index contributed by atoms with van der Waals surface area (Å²) in [6.07, 6.45) is 0. The van der Waals surface area contributed by atoms with Crippen LogP contribution in [0.15, 0.2) is 23.1 Å². The molecule has 0 unspecified atom stereocenters. The maximum atomic E-state index is 11.8. The number of ether oxygens (including phenoxy) is 1. The molecule has 1 N–H and O–H groups in total. The second kappa shape index (κ2) is 6.55. The highest BCUT2D eigenvalue weighted by Gasteiger charge is 2.08. The van der Waals surface area contributed by atoms with Gasteiger partial charge in [0.05, 0.1) is 6.61 Å². The lowest BCUT2D eigenvalue weighted by atomic mass is 10.1. The molecule has 1 aromatic carbocycles. The van der Waals surface area contributed by atoms with Crippen molar-refractivity contribution in [3.63, 3.8) is 0 Å². The van der Waals surface area contributed by atoms with Gasteiger partial charge in [-0.1, -0.05) is 6.07 Å². The van der Waals surface area contributed by atoms with Gasteiger partial charge in [0.15, 0.2) is 0 Å². The Morgan fingerprint density at radius 1 is 1.50 bits per heavy atom. The van der Waals surface area contributed by atoms with Crippen LogP contribution in [-0.2, 0) is 4.74 Å². The van der Waals surface area contributed by atoms with E-state index in [1.54, 1.807) is 6.07 Å². The highest BCUT2D eigenvalue weighted by Crippen LogP contribution is 2.13. The highest BCUT2D eigenvalue weighted by atomic mass is 32.1. The van der Waals surface area contributed by atoms with Crippen molar-refractivity contribution in [3.8, 4) is 0 Å². The summed E-state index contributed by atoms with van der Waals surface area (Å²) in [6.45, 7) is 5.58. The Morgan fingerprint density at radius 3 is 2.94 bits per heavy atom. The summed E-state index contributed by atoms with van der Waals surface area (Å²) in [6, 6.07) is 5.53. The van der Waals surface area contributed by atoms with Crippen molar-refractivity contribution in [1.29, 1.82) is 0 Å². The van der Waals surface area contributed by atoms with Crippen LogP contribution in [0.4, 0.5) is 0 Å². The van der Waals surface area contributed by atoms with Gasteiger partial charge in [-0.15, -0.1) is 12.6 Å². The third-order valence-electron chi connectivity index (χ3n) is 2.20. The van der Waals surface area contributed by atoms with Gasteiger partial charge in [-0.05, 0) is 31.5 Å². The molecule has 0 saturated heterocycles. The number of aryl methyl sites for hydroxylation is 1. The summed E-state index contributed by atoms with van der Waals surface area (Å²) >= 11 is 4.22. The van der Waals surface area contributed by atoms with Gasteiger partial charge in [0.1, 0.15) is 0 Å². The lowest BCUT2D eigenvalue weighted by Crippen LogP contribution is -2.27. The van der Waals surface area contributed by atoms with E-state index >= 15 is 0 Å². The first-order valence-corrected chi connectivity index (χ1v) is 5.75. The monoisotopic (exact) mass is 239 g/mol. The summed E-state index contributed by atoms with van der Waals surface area (Å²) in [5.41, 5.74) is 1.62. The molecule has 0 heterocycles. The molecule has 0 spiro atoms. The third kappa shape index (κ3) is 3.87. The quantitative estimate of drug-likeness (QED) is 0.609. The number of hydrogen-bond acceptors (Lipinski definition) is 3. The van der Waals surface area contributed by atoms with E-state index in [9.17, 15) is 4.79 Å². The van der Waals surface area contributed by atoms with E-state index in [0.29, 0.717) is 25.3 Å². The number of amides is 1. The van der Waals surface area contributed by atoms with Gasteiger partial charge in [-0.25, -0.2) is 0 Å². The average Bonchev–Trinajstić information content (AvgIpc) is 2.27. The van der Waals surface area contributed by atoms with Crippen molar-refractivity contribution < 1.29 is 9.53 Å². The minimum atomic E-state index is -0.0758. The van der Waals surface area contributed by atoms with E-state index in [1.807, 2.05) is 26.0 Å². The first-order chi connectivity index (χ1) is 7.65. The Hall–Kier alpha value is -1.00. The molecule has 0 aliphatic carbocycles. The van der Waals surface area contributed by atoms with Crippen molar-refractivity contribution in [2.24, 2.45) is 0 Å². The molecule has 0 aliphatic rings. The first kappa shape index (κ1) is 13.1.